The molecule has 0 aliphatic heterocycles. The van der Waals surface area contributed by atoms with E-state index in [-0.39, 0.29) is 0 Å². The van der Waals surface area contributed by atoms with Gasteiger partial charge >= 0.3 is 0 Å². The molecular formula is C13H28N2O. The molecule has 0 radical (unpaired) electrons. The topological polar surface area (TPSA) is 24.5 Å². The summed E-state index contributed by atoms with van der Waals surface area (Å²) in [6, 6.07) is 1.12. The number of nitrogens with zero attached hydrogens (tertiary/aromatic N) is 1. The highest BCUT2D eigenvalue weighted by Crippen LogP contribution is 2.32. The van der Waals surface area contributed by atoms with Gasteiger partial charge in [0.15, 0.2) is 0 Å². The third-order valence-electron chi connectivity index (χ3n) is 3.46. The van der Waals surface area contributed by atoms with Gasteiger partial charge in [0.25, 0.3) is 0 Å². The normalized spacial score (nSPS) is 20.1. The summed E-state index contributed by atoms with van der Waals surface area (Å²) >= 11 is 0. The number of likely N-dealkylation sites (N-methyl/N-ethyl adjacent to an activating group) is 1. The van der Waals surface area contributed by atoms with E-state index in [4.69, 9.17) is 4.74 Å². The lowest BCUT2D eigenvalue weighted by Crippen LogP contribution is -2.46. The van der Waals surface area contributed by atoms with Crippen LogP contribution in [0.15, 0.2) is 0 Å². The first-order valence-electron chi connectivity index (χ1n) is 6.68. The Morgan fingerprint density at radius 2 is 1.94 bits per heavy atom. The maximum atomic E-state index is 5.29. The van der Waals surface area contributed by atoms with Crippen LogP contribution < -0.4 is 5.32 Å². The van der Waals surface area contributed by atoms with E-state index in [0.29, 0.717) is 12.1 Å². The van der Waals surface area contributed by atoms with Gasteiger partial charge in [0.2, 0.25) is 0 Å². The molecule has 1 aliphatic rings. The van der Waals surface area contributed by atoms with Gasteiger partial charge in [-0.1, -0.05) is 13.8 Å². The van der Waals surface area contributed by atoms with Gasteiger partial charge < -0.3 is 15.0 Å². The summed E-state index contributed by atoms with van der Waals surface area (Å²) in [4.78, 5) is 2.47. The number of hydrogen-bond acceptors (Lipinski definition) is 3. The smallest absolute Gasteiger partial charge is 0.0618 e. The molecule has 0 aromatic heterocycles. The van der Waals surface area contributed by atoms with Gasteiger partial charge in [-0.15, -0.1) is 0 Å². The van der Waals surface area contributed by atoms with Gasteiger partial charge in [0.05, 0.1) is 6.61 Å². The molecule has 0 amide bonds. The largest absolute Gasteiger partial charge is 0.383 e. The lowest BCUT2D eigenvalue weighted by atomic mass is 10.1. The molecular weight excluding hydrogens is 200 g/mol. The second kappa shape index (κ2) is 7.25. The number of nitrogens with one attached hydrogen (secondary N) is 1. The Morgan fingerprint density at radius 1 is 1.31 bits per heavy atom. The van der Waals surface area contributed by atoms with E-state index in [1.807, 2.05) is 0 Å². The predicted molar refractivity (Wildman–Crippen MR) is 68.8 cm³/mol. The van der Waals surface area contributed by atoms with E-state index in [1.165, 1.54) is 12.8 Å². The fraction of sp³-hybridized carbons (Fsp3) is 1.00. The third-order valence-corrected chi connectivity index (χ3v) is 3.46. The van der Waals surface area contributed by atoms with E-state index in [2.05, 4.69) is 31.0 Å². The number of methoxy groups -OCH3 is 1. The minimum absolute atomic E-state index is 0.556. The highest BCUT2D eigenvalue weighted by Gasteiger charge is 2.31. The summed E-state index contributed by atoms with van der Waals surface area (Å²) in [6.45, 7) is 11.0. The van der Waals surface area contributed by atoms with Crippen molar-refractivity contribution in [1.29, 1.82) is 0 Å². The molecule has 3 heteroatoms. The first kappa shape index (κ1) is 13.9. The molecule has 2 atom stereocenters. The van der Waals surface area contributed by atoms with Crippen molar-refractivity contribution in [3.05, 3.63) is 0 Å². The molecule has 0 aromatic rings. The minimum atomic E-state index is 0.556. The van der Waals surface area contributed by atoms with Crippen molar-refractivity contribution in [1.82, 2.24) is 10.2 Å². The van der Waals surface area contributed by atoms with Gasteiger partial charge in [-0.25, -0.2) is 0 Å². The Hall–Kier alpha value is -0.120. The first-order chi connectivity index (χ1) is 7.71. The average molecular weight is 228 g/mol. The molecule has 0 heterocycles. The zero-order valence-corrected chi connectivity index (χ0v) is 11.3. The Bertz CT molecular complexity index is 179. The van der Waals surface area contributed by atoms with E-state index >= 15 is 0 Å². The van der Waals surface area contributed by atoms with E-state index < -0.39 is 0 Å². The van der Waals surface area contributed by atoms with Crippen molar-refractivity contribution in [3.8, 4) is 0 Å². The standard InChI is InChI=1S/C13H28N2O/c1-5-15(6-2)9-11(3)14-13(10-16-4)12-7-8-12/h11-14H,5-10H2,1-4H3. The van der Waals surface area contributed by atoms with Crippen molar-refractivity contribution in [2.24, 2.45) is 5.92 Å². The van der Waals surface area contributed by atoms with E-state index in [1.54, 1.807) is 7.11 Å². The fourth-order valence-electron chi connectivity index (χ4n) is 2.29. The van der Waals surface area contributed by atoms with Crippen molar-refractivity contribution >= 4 is 0 Å². The van der Waals surface area contributed by atoms with Crippen LogP contribution in [-0.2, 0) is 4.74 Å². The summed E-state index contributed by atoms with van der Waals surface area (Å²) in [7, 11) is 1.80. The summed E-state index contributed by atoms with van der Waals surface area (Å²) in [5, 5.41) is 3.71. The third kappa shape index (κ3) is 4.81. The van der Waals surface area contributed by atoms with Crippen LogP contribution >= 0.6 is 0 Å². The van der Waals surface area contributed by atoms with Gasteiger partial charge in [0, 0.05) is 25.7 Å². The SMILES string of the molecule is CCN(CC)CC(C)NC(COC)C1CC1. The summed E-state index contributed by atoms with van der Waals surface area (Å²) in [6.07, 6.45) is 2.75. The molecule has 0 bridgehead atoms. The lowest BCUT2D eigenvalue weighted by molar-refractivity contribution is 0.146. The first-order valence-corrected chi connectivity index (χ1v) is 6.68. The number of rotatable bonds is 9. The Balaban J connectivity index is 2.26. The van der Waals surface area contributed by atoms with Gasteiger partial charge in [0.1, 0.15) is 0 Å². The minimum Gasteiger partial charge on any atom is -0.383 e. The van der Waals surface area contributed by atoms with Gasteiger partial charge in [-0.3, -0.25) is 0 Å². The van der Waals surface area contributed by atoms with Crippen LogP contribution in [0.3, 0.4) is 0 Å². The van der Waals surface area contributed by atoms with Crippen LogP contribution in [0.2, 0.25) is 0 Å². The highest BCUT2D eigenvalue weighted by atomic mass is 16.5. The highest BCUT2D eigenvalue weighted by molar-refractivity contribution is 4.88. The molecule has 1 saturated carbocycles. The Morgan fingerprint density at radius 3 is 2.38 bits per heavy atom. The van der Waals surface area contributed by atoms with Crippen LogP contribution in [-0.4, -0.2) is 50.3 Å². The maximum Gasteiger partial charge on any atom is 0.0618 e. The predicted octanol–water partition coefficient (Wildman–Crippen LogP) is 1.73. The van der Waals surface area contributed by atoms with Crippen molar-refractivity contribution in [2.75, 3.05) is 33.4 Å². The van der Waals surface area contributed by atoms with Crippen LogP contribution in [0.25, 0.3) is 0 Å². The maximum absolute atomic E-state index is 5.29. The monoisotopic (exact) mass is 228 g/mol. The fourth-order valence-corrected chi connectivity index (χ4v) is 2.29. The molecule has 1 N–H and O–H groups in total. The molecule has 0 spiro atoms. The second-order valence-electron chi connectivity index (χ2n) is 4.95. The quantitative estimate of drug-likeness (QED) is 0.650. The zero-order valence-electron chi connectivity index (χ0n) is 11.3. The van der Waals surface area contributed by atoms with Crippen LogP contribution in [0.4, 0.5) is 0 Å². The van der Waals surface area contributed by atoms with Crippen molar-refractivity contribution < 1.29 is 4.74 Å². The van der Waals surface area contributed by atoms with Crippen LogP contribution in [0.1, 0.15) is 33.6 Å². The second-order valence-corrected chi connectivity index (χ2v) is 4.95. The van der Waals surface area contributed by atoms with E-state index in [0.717, 1.165) is 32.2 Å². The van der Waals surface area contributed by atoms with Crippen molar-refractivity contribution in [2.45, 2.75) is 45.7 Å². The molecule has 0 saturated heterocycles. The molecule has 1 rings (SSSR count). The summed E-state index contributed by atoms with van der Waals surface area (Å²) in [5.41, 5.74) is 0. The van der Waals surface area contributed by atoms with Crippen LogP contribution in [0.5, 0.6) is 0 Å². The molecule has 96 valence electrons. The summed E-state index contributed by atoms with van der Waals surface area (Å²) < 4.78 is 5.29. The molecule has 16 heavy (non-hydrogen) atoms. The van der Waals surface area contributed by atoms with Gasteiger partial charge in [-0.2, -0.15) is 0 Å². The Kier molecular flexibility index (Phi) is 6.32. The molecule has 1 fully saturated rings. The Labute approximate surface area is 101 Å². The molecule has 3 nitrogen and oxygen atoms in total. The van der Waals surface area contributed by atoms with E-state index in [9.17, 15) is 0 Å². The molecule has 2 unspecified atom stereocenters. The molecule has 0 aromatic carbocycles. The van der Waals surface area contributed by atoms with Crippen molar-refractivity contribution in [3.63, 3.8) is 0 Å². The zero-order chi connectivity index (χ0) is 12.0. The lowest BCUT2D eigenvalue weighted by Gasteiger charge is -2.27. The average Bonchev–Trinajstić information content (AvgIpc) is 3.09. The molecule has 1 aliphatic carbocycles. The summed E-state index contributed by atoms with van der Waals surface area (Å²) in [5.74, 6) is 0.860. The number of ether oxygens (including phenoxy) is 1. The van der Waals surface area contributed by atoms with Crippen LogP contribution in [0, 0.1) is 5.92 Å². The van der Waals surface area contributed by atoms with Gasteiger partial charge in [-0.05, 0) is 38.8 Å². The number of hydrogen-bond donors (Lipinski definition) is 1.